The predicted octanol–water partition coefficient (Wildman–Crippen LogP) is -0.897. The Morgan fingerprint density at radius 2 is 2.15 bits per heavy atom. The SMILES string of the molecule is C#CCn1nnnc1SCC1=C(C(=O)O)N2C(=O)C(NC(=O)C(=NOCC(=O)O)c3csc(N)n3)[C@@H]2SC1.Cl. The van der Waals surface area contributed by atoms with Gasteiger partial charge in [0.15, 0.2) is 10.8 Å². The van der Waals surface area contributed by atoms with Crippen molar-refractivity contribution < 1.29 is 34.2 Å². The Kier molecular flexibility index (Phi) is 9.74. The van der Waals surface area contributed by atoms with Crippen LogP contribution >= 0.6 is 47.3 Å². The van der Waals surface area contributed by atoms with Crippen molar-refractivity contribution in [3.63, 3.8) is 0 Å². The Morgan fingerprint density at radius 3 is 2.79 bits per heavy atom. The Hall–Kier alpha value is -3.86. The van der Waals surface area contributed by atoms with Gasteiger partial charge < -0.3 is 26.1 Å². The van der Waals surface area contributed by atoms with Crippen LogP contribution in [0.5, 0.6) is 0 Å². The summed E-state index contributed by atoms with van der Waals surface area (Å²) in [4.78, 5) is 58.5. The molecular weight excluding hydrogens is 598 g/mol. The molecule has 2 atom stereocenters. The number of hydrogen-bond donors (Lipinski definition) is 4. The first-order valence-electron chi connectivity index (χ1n) is 10.4. The fourth-order valence-corrected chi connectivity index (χ4v) is 6.30. The molecule has 0 radical (unpaired) electrons. The van der Waals surface area contributed by atoms with Gasteiger partial charge in [0.25, 0.3) is 11.8 Å². The van der Waals surface area contributed by atoms with Gasteiger partial charge in [0.05, 0.1) is 0 Å². The maximum absolute atomic E-state index is 13.0. The number of thiazole rings is 1. The van der Waals surface area contributed by atoms with Gasteiger partial charge in [0.2, 0.25) is 11.8 Å². The highest BCUT2D eigenvalue weighted by atomic mass is 35.5. The zero-order valence-electron chi connectivity index (χ0n) is 19.4. The lowest BCUT2D eigenvalue weighted by molar-refractivity contribution is -0.150. The summed E-state index contributed by atoms with van der Waals surface area (Å²) in [7, 11) is 0. The second-order valence-electron chi connectivity index (χ2n) is 7.41. The second kappa shape index (κ2) is 12.8. The van der Waals surface area contributed by atoms with Crippen molar-refractivity contribution in [2.24, 2.45) is 5.16 Å². The van der Waals surface area contributed by atoms with Crippen LogP contribution in [-0.2, 0) is 30.6 Å². The van der Waals surface area contributed by atoms with Gasteiger partial charge in [-0.1, -0.05) is 22.8 Å². The van der Waals surface area contributed by atoms with Crippen LogP contribution in [0.4, 0.5) is 5.13 Å². The fraction of sp³-hybridized carbons (Fsp3) is 0.316. The third-order valence-corrected chi connectivity index (χ3v) is 8.03. The topological polar surface area (TPSA) is 228 Å². The highest BCUT2D eigenvalue weighted by Gasteiger charge is 2.54. The van der Waals surface area contributed by atoms with Crippen molar-refractivity contribution in [1.29, 1.82) is 0 Å². The molecule has 20 heteroatoms. The molecule has 1 unspecified atom stereocenters. The van der Waals surface area contributed by atoms with E-state index in [1.165, 1.54) is 33.6 Å². The highest BCUT2D eigenvalue weighted by Crippen LogP contribution is 2.41. The highest BCUT2D eigenvalue weighted by molar-refractivity contribution is 8.01. The zero-order chi connectivity index (χ0) is 27.4. The van der Waals surface area contributed by atoms with Gasteiger partial charge in [-0.05, 0) is 16.0 Å². The number of aromatic nitrogens is 5. The molecule has 0 aliphatic carbocycles. The van der Waals surface area contributed by atoms with Gasteiger partial charge in [0, 0.05) is 16.9 Å². The quantitative estimate of drug-likeness (QED) is 0.0790. The minimum absolute atomic E-state index is 0. The summed E-state index contributed by atoms with van der Waals surface area (Å²) in [5.41, 5.74) is 5.54. The molecule has 0 saturated carbocycles. The number of halogens is 1. The van der Waals surface area contributed by atoms with E-state index in [9.17, 15) is 24.3 Å². The van der Waals surface area contributed by atoms with Gasteiger partial charge in [0.1, 0.15) is 29.4 Å². The Morgan fingerprint density at radius 1 is 1.38 bits per heavy atom. The number of carbonyl (C=O) groups is 4. The van der Waals surface area contributed by atoms with E-state index in [0.29, 0.717) is 10.7 Å². The second-order valence-corrected chi connectivity index (χ2v) is 10.3. The number of carbonyl (C=O) groups excluding carboxylic acids is 2. The number of nitrogens with two attached hydrogens (primary N) is 1. The van der Waals surface area contributed by atoms with E-state index in [1.54, 1.807) is 0 Å². The van der Waals surface area contributed by atoms with Crippen LogP contribution in [0.15, 0.2) is 27.0 Å². The maximum atomic E-state index is 13.0. The number of nitrogen functional groups attached to an aromatic ring is 1. The number of fused-ring (bicyclic) bond motifs is 1. The minimum Gasteiger partial charge on any atom is -0.479 e. The number of amides is 2. The Labute approximate surface area is 237 Å². The number of nitrogens with zero attached hydrogens (tertiary/aromatic N) is 7. The van der Waals surface area contributed by atoms with Crippen molar-refractivity contribution in [2.75, 3.05) is 23.8 Å². The fourth-order valence-electron chi connectivity index (χ4n) is 3.39. The van der Waals surface area contributed by atoms with Crippen LogP contribution in [0.1, 0.15) is 5.69 Å². The van der Waals surface area contributed by atoms with Gasteiger partial charge in [-0.3, -0.25) is 14.5 Å². The largest absolute Gasteiger partial charge is 0.479 e. The van der Waals surface area contributed by atoms with Crippen LogP contribution < -0.4 is 11.1 Å². The first kappa shape index (κ1) is 29.7. The number of β-lactam (4-membered cyclic amide) rings is 1. The van der Waals surface area contributed by atoms with E-state index in [1.807, 2.05) is 0 Å². The van der Waals surface area contributed by atoms with E-state index in [2.05, 4.69) is 41.7 Å². The van der Waals surface area contributed by atoms with E-state index in [-0.39, 0.29) is 52.7 Å². The molecule has 4 rings (SSSR count). The van der Waals surface area contributed by atoms with Crippen LogP contribution in [0.25, 0.3) is 0 Å². The van der Waals surface area contributed by atoms with E-state index in [4.69, 9.17) is 17.3 Å². The molecule has 2 aliphatic rings. The van der Waals surface area contributed by atoms with Crippen molar-refractivity contribution in [3.8, 4) is 12.3 Å². The Balaban J connectivity index is 0.00000420. The molecule has 2 amide bonds. The molecule has 0 aromatic carbocycles. The summed E-state index contributed by atoms with van der Waals surface area (Å²) in [5.74, 6) is -1.26. The molecule has 206 valence electrons. The first-order chi connectivity index (χ1) is 18.2. The summed E-state index contributed by atoms with van der Waals surface area (Å²) in [6, 6.07) is -1.07. The minimum atomic E-state index is -1.32. The lowest BCUT2D eigenvalue weighted by Gasteiger charge is -2.49. The summed E-state index contributed by atoms with van der Waals surface area (Å²) >= 11 is 3.46. The maximum Gasteiger partial charge on any atom is 0.352 e. The smallest absolute Gasteiger partial charge is 0.352 e. The third-order valence-electron chi connectivity index (χ3n) is 4.98. The van der Waals surface area contributed by atoms with E-state index < -0.39 is 41.8 Å². The van der Waals surface area contributed by atoms with Crippen LogP contribution in [-0.4, -0.2) is 99.3 Å². The van der Waals surface area contributed by atoms with E-state index in [0.717, 1.165) is 16.2 Å². The van der Waals surface area contributed by atoms with Gasteiger partial charge >= 0.3 is 11.9 Å². The molecule has 1 fully saturated rings. The number of carboxylic acid groups (broad SMARTS) is 2. The van der Waals surface area contributed by atoms with Gasteiger partial charge in [-0.25, -0.2) is 19.3 Å². The van der Waals surface area contributed by atoms with Crippen molar-refractivity contribution in [2.45, 2.75) is 23.1 Å². The van der Waals surface area contributed by atoms with Gasteiger partial charge in [-0.2, -0.15) is 0 Å². The molecule has 16 nitrogen and oxygen atoms in total. The molecular formula is C19H18ClN9O7S3. The monoisotopic (exact) mass is 615 g/mol. The van der Waals surface area contributed by atoms with E-state index >= 15 is 0 Å². The summed E-state index contributed by atoms with van der Waals surface area (Å²) in [6.07, 6.45) is 5.30. The number of hydrogen-bond acceptors (Lipinski definition) is 14. The number of tetrazole rings is 1. The number of oxime groups is 1. The average molecular weight is 616 g/mol. The number of terminal acetylenes is 1. The Bertz CT molecular complexity index is 1400. The molecule has 2 aromatic heterocycles. The molecule has 0 spiro atoms. The molecule has 1 saturated heterocycles. The normalized spacial score (nSPS) is 18.4. The first-order valence-corrected chi connectivity index (χ1v) is 13.3. The summed E-state index contributed by atoms with van der Waals surface area (Å²) < 4.78 is 1.39. The molecule has 2 aromatic rings. The molecule has 39 heavy (non-hydrogen) atoms. The van der Waals surface area contributed by atoms with Crippen LogP contribution in [0.3, 0.4) is 0 Å². The number of anilines is 1. The number of rotatable bonds is 11. The molecule has 4 heterocycles. The lowest BCUT2D eigenvalue weighted by Crippen LogP contribution is -2.71. The number of aliphatic carboxylic acids is 2. The summed E-state index contributed by atoms with van der Waals surface area (Å²) in [5, 5.41) is 37.1. The van der Waals surface area contributed by atoms with Gasteiger partial charge in [-0.15, -0.1) is 47.0 Å². The average Bonchev–Trinajstić information content (AvgIpc) is 3.51. The number of carboxylic acids is 2. The molecule has 5 N–H and O–H groups in total. The summed E-state index contributed by atoms with van der Waals surface area (Å²) in [6.45, 7) is -0.670. The van der Waals surface area contributed by atoms with Crippen molar-refractivity contribution in [3.05, 3.63) is 22.3 Å². The third kappa shape index (κ3) is 6.42. The molecule has 2 aliphatic heterocycles. The van der Waals surface area contributed by atoms with Crippen LogP contribution in [0, 0.1) is 12.3 Å². The predicted molar refractivity (Wildman–Crippen MR) is 141 cm³/mol. The zero-order valence-corrected chi connectivity index (χ0v) is 22.7. The van der Waals surface area contributed by atoms with Crippen molar-refractivity contribution in [1.82, 2.24) is 35.4 Å². The molecule has 0 bridgehead atoms. The standard InChI is InChI=1S/C19H17N9O7S3.ClH/c1-2-3-27-19(23-25-26-27)38-6-8-5-36-16-12(15(32)28(16)13(8)17(33)34)22-14(31)11(24-35-4-10(29)30)9-7-37-18(20)21-9;/h1,7,12,16H,3-6H2,(H2,20,21)(H,22,31)(H,29,30)(H,33,34);1H/t12?,16-;/m0./s1. The van der Waals surface area contributed by atoms with Crippen molar-refractivity contribution >= 4 is 81.9 Å². The number of thioether (sulfide) groups is 2. The lowest BCUT2D eigenvalue weighted by atomic mass is 10.0. The van der Waals surface area contributed by atoms with Crippen LogP contribution in [0.2, 0.25) is 0 Å². The number of nitrogens with one attached hydrogen (secondary N) is 1.